The zero-order valence-corrected chi connectivity index (χ0v) is 14.1. The smallest absolute Gasteiger partial charge is 0.315 e. The highest BCUT2D eigenvalue weighted by atomic mass is 19.1. The molecule has 1 heterocycles. The molecule has 0 fully saturated rings. The standard InChI is InChI=1S/C20H15F2N3O2/c21-17-9-13(18-5-2-8-27-18)6-7-15(17)11-24-20(26)25-12-16-4-1-3-14(10-23)19(16)22/h1-9H,11-12H2,(H2,24,25,26). The Labute approximate surface area is 154 Å². The van der Waals surface area contributed by atoms with Crippen molar-refractivity contribution >= 4 is 6.03 Å². The molecule has 0 spiro atoms. The van der Waals surface area contributed by atoms with Crippen LogP contribution in [0.4, 0.5) is 13.6 Å². The number of nitriles is 1. The number of urea groups is 1. The number of halogens is 2. The minimum Gasteiger partial charge on any atom is -0.464 e. The molecule has 5 nitrogen and oxygen atoms in total. The van der Waals surface area contributed by atoms with Crippen LogP contribution in [0.2, 0.25) is 0 Å². The molecule has 1 aromatic heterocycles. The summed E-state index contributed by atoms with van der Waals surface area (Å²) in [4.78, 5) is 11.9. The fourth-order valence-corrected chi connectivity index (χ4v) is 2.50. The highest BCUT2D eigenvalue weighted by Gasteiger charge is 2.10. The predicted molar refractivity (Wildman–Crippen MR) is 94.3 cm³/mol. The van der Waals surface area contributed by atoms with Gasteiger partial charge in [0.25, 0.3) is 0 Å². The minimum atomic E-state index is -0.667. The van der Waals surface area contributed by atoms with Crippen LogP contribution in [0.5, 0.6) is 0 Å². The maximum Gasteiger partial charge on any atom is 0.315 e. The van der Waals surface area contributed by atoms with E-state index in [1.165, 1.54) is 30.5 Å². The molecular weight excluding hydrogens is 352 g/mol. The number of amides is 2. The van der Waals surface area contributed by atoms with E-state index in [1.807, 2.05) is 0 Å². The molecule has 0 aliphatic heterocycles. The molecule has 0 saturated carbocycles. The Kier molecular flexibility index (Phi) is 5.47. The summed E-state index contributed by atoms with van der Waals surface area (Å²) >= 11 is 0. The molecule has 136 valence electrons. The van der Waals surface area contributed by atoms with Crippen LogP contribution in [0.25, 0.3) is 11.3 Å². The van der Waals surface area contributed by atoms with Gasteiger partial charge in [0.1, 0.15) is 23.5 Å². The van der Waals surface area contributed by atoms with E-state index in [-0.39, 0.29) is 24.2 Å². The summed E-state index contributed by atoms with van der Waals surface area (Å²) in [6, 6.07) is 13.5. The third kappa shape index (κ3) is 4.30. The van der Waals surface area contributed by atoms with Gasteiger partial charge in [-0.2, -0.15) is 5.26 Å². The lowest BCUT2D eigenvalue weighted by Gasteiger charge is -2.10. The Balaban J connectivity index is 1.56. The summed E-state index contributed by atoms with van der Waals surface area (Å²) in [5.41, 5.74) is 1.00. The lowest BCUT2D eigenvalue weighted by molar-refractivity contribution is 0.240. The molecule has 0 saturated heterocycles. The van der Waals surface area contributed by atoms with Crippen molar-refractivity contribution in [2.24, 2.45) is 0 Å². The molecule has 0 aliphatic carbocycles. The molecule has 0 bridgehead atoms. The van der Waals surface area contributed by atoms with Crippen LogP contribution < -0.4 is 10.6 Å². The van der Waals surface area contributed by atoms with E-state index < -0.39 is 17.7 Å². The first-order chi connectivity index (χ1) is 13.1. The van der Waals surface area contributed by atoms with Gasteiger partial charge in [-0.05, 0) is 24.3 Å². The van der Waals surface area contributed by atoms with Crippen LogP contribution in [0.1, 0.15) is 16.7 Å². The lowest BCUT2D eigenvalue weighted by Crippen LogP contribution is -2.35. The molecule has 2 aromatic carbocycles. The fraction of sp³-hybridized carbons (Fsp3) is 0.100. The number of nitrogens with zero attached hydrogens (tertiary/aromatic N) is 1. The van der Waals surface area contributed by atoms with Gasteiger partial charge in [0.05, 0.1) is 11.8 Å². The van der Waals surface area contributed by atoms with Gasteiger partial charge < -0.3 is 15.1 Å². The van der Waals surface area contributed by atoms with Gasteiger partial charge in [0.15, 0.2) is 0 Å². The van der Waals surface area contributed by atoms with Crippen molar-refractivity contribution in [1.29, 1.82) is 5.26 Å². The summed E-state index contributed by atoms with van der Waals surface area (Å²) in [6.07, 6.45) is 1.50. The topological polar surface area (TPSA) is 78.1 Å². The summed E-state index contributed by atoms with van der Waals surface area (Å²) in [7, 11) is 0. The van der Waals surface area contributed by atoms with Crippen molar-refractivity contribution in [3.63, 3.8) is 0 Å². The van der Waals surface area contributed by atoms with Gasteiger partial charge in [-0.15, -0.1) is 0 Å². The number of furan rings is 1. The van der Waals surface area contributed by atoms with Crippen molar-refractivity contribution in [2.75, 3.05) is 0 Å². The molecular formula is C20H15F2N3O2. The van der Waals surface area contributed by atoms with E-state index >= 15 is 0 Å². The minimum absolute atomic E-state index is 0.0309. The van der Waals surface area contributed by atoms with Crippen LogP contribution in [0, 0.1) is 23.0 Å². The quantitative estimate of drug-likeness (QED) is 0.713. The molecule has 2 N–H and O–H groups in total. The zero-order valence-electron chi connectivity index (χ0n) is 14.1. The Morgan fingerprint density at radius 1 is 1.04 bits per heavy atom. The van der Waals surface area contributed by atoms with Gasteiger partial charge in [-0.25, -0.2) is 13.6 Å². The maximum atomic E-state index is 14.2. The molecule has 7 heteroatoms. The van der Waals surface area contributed by atoms with Gasteiger partial charge in [-0.3, -0.25) is 0 Å². The van der Waals surface area contributed by atoms with Gasteiger partial charge in [0, 0.05) is 29.8 Å². The molecule has 0 radical (unpaired) electrons. The molecule has 3 aromatic rings. The third-order valence-corrected chi connectivity index (χ3v) is 3.94. The van der Waals surface area contributed by atoms with Crippen molar-refractivity contribution in [2.45, 2.75) is 13.1 Å². The summed E-state index contributed by atoms with van der Waals surface area (Å²) < 4.78 is 33.3. The number of carbonyl (C=O) groups is 1. The number of hydrogen-bond donors (Lipinski definition) is 2. The summed E-state index contributed by atoms with van der Waals surface area (Å²) in [5, 5.41) is 13.8. The normalized spacial score (nSPS) is 10.3. The SMILES string of the molecule is N#Cc1cccc(CNC(=O)NCc2ccc(-c3ccco3)cc2F)c1F. The van der Waals surface area contributed by atoms with E-state index in [0.717, 1.165) is 0 Å². The Morgan fingerprint density at radius 2 is 1.81 bits per heavy atom. The Hall–Kier alpha value is -3.66. The number of nitrogens with one attached hydrogen (secondary N) is 2. The second-order valence-electron chi connectivity index (χ2n) is 5.71. The number of carbonyl (C=O) groups excluding carboxylic acids is 1. The molecule has 0 unspecified atom stereocenters. The largest absolute Gasteiger partial charge is 0.464 e. The highest BCUT2D eigenvalue weighted by Crippen LogP contribution is 2.22. The van der Waals surface area contributed by atoms with Crippen LogP contribution in [-0.4, -0.2) is 6.03 Å². The first-order valence-electron chi connectivity index (χ1n) is 8.10. The second-order valence-corrected chi connectivity index (χ2v) is 5.71. The maximum absolute atomic E-state index is 14.2. The van der Waals surface area contributed by atoms with Crippen LogP contribution in [0.3, 0.4) is 0 Å². The van der Waals surface area contributed by atoms with E-state index in [4.69, 9.17) is 9.68 Å². The van der Waals surface area contributed by atoms with E-state index in [1.54, 1.807) is 30.3 Å². The molecule has 3 rings (SSSR count). The molecule has 0 atom stereocenters. The Bertz CT molecular complexity index is 995. The van der Waals surface area contributed by atoms with Crippen molar-refractivity contribution in [1.82, 2.24) is 10.6 Å². The predicted octanol–water partition coefficient (Wildman–Crippen LogP) is 4.10. The van der Waals surface area contributed by atoms with E-state index in [0.29, 0.717) is 16.9 Å². The molecule has 0 aliphatic rings. The number of hydrogen-bond acceptors (Lipinski definition) is 3. The molecule has 2 amide bonds. The number of benzene rings is 2. The van der Waals surface area contributed by atoms with Gasteiger partial charge >= 0.3 is 6.03 Å². The van der Waals surface area contributed by atoms with Crippen molar-refractivity contribution in [3.8, 4) is 17.4 Å². The fourth-order valence-electron chi connectivity index (χ4n) is 2.50. The lowest BCUT2D eigenvalue weighted by atomic mass is 10.1. The molecule has 27 heavy (non-hydrogen) atoms. The summed E-state index contributed by atoms with van der Waals surface area (Å²) in [6.45, 7) is -0.121. The zero-order chi connectivity index (χ0) is 19.2. The highest BCUT2D eigenvalue weighted by molar-refractivity contribution is 5.73. The second kappa shape index (κ2) is 8.15. The van der Waals surface area contributed by atoms with Crippen molar-refractivity contribution < 1.29 is 18.0 Å². The van der Waals surface area contributed by atoms with Crippen LogP contribution >= 0.6 is 0 Å². The van der Waals surface area contributed by atoms with Gasteiger partial charge in [0.2, 0.25) is 0 Å². The van der Waals surface area contributed by atoms with E-state index in [2.05, 4.69) is 10.6 Å². The first-order valence-corrected chi connectivity index (χ1v) is 8.10. The monoisotopic (exact) mass is 367 g/mol. The Morgan fingerprint density at radius 3 is 2.48 bits per heavy atom. The number of rotatable bonds is 5. The average Bonchev–Trinajstić information content (AvgIpc) is 3.21. The summed E-state index contributed by atoms with van der Waals surface area (Å²) in [5.74, 6) is -0.593. The average molecular weight is 367 g/mol. The first kappa shape index (κ1) is 18.1. The van der Waals surface area contributed by atoms with Gasteiger partial charge in [-0.1, -0.05) is 24.3 Å². The third-order valence-electron chi connectivity index (χ3n) is 3.94. The van der Waals surface area contributed by atoms with Crippen LogP contribution in [0.15, 0.2) is 59.2 Å². The van der Waals surface area contributed by atoms with Crippen molar-refractivity contribution in [3.05, 3.63) is 83.1 Å². The van der Waals surface area contributed by atoms with Crippen LogP contribution in [-0.2, 0) is 13.1 Å². The van der Waals surface area contributed by atoms with E-state index in [9.17, 15) is 13.6 Å².